The van der Waals surface area contributed by atoms with E-state index in [4.69, 9.17) is 6.42 Å². The molecule has 56 valence electrons. The zero-order chi connectivity index (χ0) is 8.32. The van der Waals surface area contributed by atoms with Gasteiger partial charge in [0.25, 0.3) is 0 Å². The van der Waals surface area contributed by atoms with Crippen molar-refractivity contribution >= 4 is 0 Å². The quantitative estimate of drug-likeness (QED) is 0.599. The summed E-state index contributed by atoms with van der Waals surface area (Å²) in [6.45, 7) is 1.54. The van der Waals surface area contributed by atoms with Crippen molar-refractivity contribution in [3.8, 4) is 12.3 Å². The summed E-state index contributed by atoms with van der Waals surface area (Å²) in [5, 5.41) is 9.50. The summed E-state index contributed by atoms with van der Waals surface area (Å²) in [5.41, 5.74) is -0.746. The van der Waals surface area contributed by atoms with Gasteiger partial charge >= 0.3 is 0 Å². The standard InChI is InChI=1S/C9H9NO/c1-3-9(2,11)8-6-4-5-7-10-8/h1,4-7,11H,2H3/t9-/m1/s1. The van der Waals surface area contributed by atoms with Gasteiger partial charge in [0.2, 0.25) is 0 Å². The second kappa shape index (κ2) is 2.73. The maximum absolute atomic E-state index is 9.50. The molecule has 0 unspecified atom stereocenters. The number of hydrogen-bond donors (Lipinski definition) is 1. The molecule has 0 saturated carbocycles. The summed E-state index contributed by atoms with van der Waals surface area (Å²) in [7, 11) is 0. The van der Waals surface area contributed by atoms with Gasteiger partial charge in [0.05, 0.1) is 5.69 Å². The average molecular weight is 147 g/mol. The summed E-state index contributed by atoms with van der Waals surface area (Å²) >= 11 is 0. The number of aromatic nitrogens is 1. The molecule has 0 aliphatic rings. The minimum absolute atomic E-state index is 0.502. The largest absolute Gasteiger partial charge is 0.372 e. The lowest BCUT2D eigenvalue weighted by molar-refractivity contribution is 0.117. The Balaban J connectivity index is 3.05. The third kappa shape index (κ3) is 1.57. The second-order valence-electron chi connectivity index (χ2n) is 2.43. The van der Waals surface area contributed by atoms with Gasteiger partial charge in [-0.2, -0.15) is 0 Å². The van der Waals surface area contributed by atoms with Crippen molar-refractivity contribution in [2.45, 2.75) is 12.5 Å². The molecule has 1 rings (SSSR count). The summed E-state index contributed by atoms with van der Waals surface area (Å²) in [6.07, 6.45) is 6.70. The highest BCUT2D eigenvalue weighted by Crippen LogP contribution is 2.15. The van der Waals surface area contributed by atoms with E-state index in [0.29, 0.717) is 5.69 Å². The van der Waals surface area contributed by atoms with Crippen LogP contribution >= 0.6 is 0 Å². The normalized spacial score (nSPS) is 15.0. The predicted molar refractivity (Wildman–Crippen MR) is 42.6 cm³/mol. The molecular weight excluding hydrogens is 138 g/mol. The van der Waals surface area contributed by atoms with Crippen LogP contribution < -0.4 is 0 Å². The highest BCUT2D eigenvalue weighted by molar-refractivity contribution is 5.21. The van der Waals surface area contributed by atoms with E-state index >= 15 is 0 Å². The van der Waals surface area contributed by atoms with Crippen LogP contribution in [-0.2, 0) is 5.60 Å². The van der Waals surface area contributed by atoms with Crippen LogP contribution in [0.1, 0.15) is 12.6 Å². The zero-order valence-corrected chi connectivity index (χ0v) is 6.28. The third-order valence-electron chi connectivity index (χ3n) is 1.44. The molecule has 1 heterocycles. The first-order chi connectivity index (χ1) is 5.17. The minimum atomic E-state index is -1.25. The first-order valence-corrected chi connectivity index (χ1v) is 3.28. The molecule has 2 nitrogen and oxygen atoms in total. The maximum atomic E-state index is 9.50. The monoisotopic (exact) mass is 147 g/mol. The fraction of sp³-hybridized carbons (Fsp3) is 0.222. The van der Waals surface area contributed by atoms with E-state index in [2.05, 4.69) is 10.9 Å². The maximum Gasteiger partial charge on any atom is 0.164 e. The van der Waals surface area contributed by atoms with Crippen LogP contribution in [0.4, 0.5) is 0 Å². The molecule has 0 aromatic carbocycles. The SMILES string of the molecule is C#C[C@@](C)(O)c1ccccn1. The Kier molecular flexibility index (Phi) is 1.93. The Bertz CT molecular complexity index is 271. The van der Waals surface area contributed by atoms with Crippen molar-refractivity contribution in [1.82, 2.24) is 4.98 Å². The van der Waals surface area contributed by atoms with Crippen molar-refractivity contribution < 1.29 is 5.11 Å². The Morgan fingerprint density at radius 1 is 1.64 bits per heavy atom. The van der Waals surface area contributed by atoms with E-state index in [1.807, 2.05) is 0 Å². The molecule has 0 saturated heterocycles. The van der Waals surface area contributed by atoms with E-state index in [0.717, 1.165) is 0 Å². The van der Waals surface area contributed by atoms with Crippen LogP contribution in [0.5, 0.6) is 0 Å². The second-order valence-corrected chi connectivity index (χ2v) is 2.43. The van der Waals surface area contributed by atoms with E-state index in [1.54, 1.807) is 24.4 Å². The topological polar surface area (TPSA) is 33.1 Å². The van der Waals surface area contributed by atoms with Crippen LogP contribution in [0.15, 0.2) is 24.4 Å². The van der Waals surface area contributed by atoms with E-state index < -0.39 is 5.60 Å². The zero-order valence-electron chi connectivity index (χ0n) is 6.28. The van der Waals surface area contributed by atoms with Gasteiger partial charge in [0, 0.05) is 6.20 Å². The number of hydrogen-bond acceptors (Lipinski definition) is 2. The summed E-state index contributed by atoms with van der Waals surface area (Å²) in [5.74, 6) is 2.25. The highest BCUT2D eigenvalue weighted by atomic mass is 16.3. The number of rotatable bonds is 1. The third-order valence-corrected chi connectivity index (χ3v) is 1.44. The lowest BCUT2D eigenvalue weighted by Crippen LogP contribution is -2.19. The number of terminal acetylenes is 1. The van der Waals surface area contributed by atoms with Gasteiger partial charge in [-0.3, -0.25) is 4.98 Å². The fourth-order valence-corrected chi connectivity index (χ4v) is 0.725. The molecule has 0 bridgehead atoms. The van der Waals surface area contributed by atoms with Gasteiger partial charge in [0.1, 0.15) is 0 Å². The molecule has 0 radical (unpaired) electrons. The molecule has 2 heteroatoms. The lowest BCUT2D eigenvalue weighted by Gasteiger charge is -2.14. The number of aliphatic hydroxyl groups is 1. The molecule has 0 spiro atoms. The molecule has 1 atom stereocenters. The van der Waals surface area contributed by atoms with Crippen molar-refractivity contribution in [3.05, 3.63) is 30.1 Å². The molecule has 1 N–H and O–H groups in total. The van der Waals surface area contributed by atoms with Crippen molar-refractivity contribution in [2.75, 3.05) is 0 Å². The van der Waals surface area contributed by atoms with Gasteiger partial charge in [-0.05, 0) is 19.1 Å². The molecule has 0 aliphatic carbocycles. The Hall–Kier alpha value is -1.33. The van der Waals surface area contributed by atoms with Crippen molar-refractivity contribution in [3.63, 3.8) is 0 Å². The van der Waals surface area contributed by atoms with Gasteiger partial charge in [-0.1, -0.05) is 12.0 Å². The summed E-state index contributed by atoms with van der Waals surface area (Å²) < 4.78 is 0. The Morgan fingerprint density at radius 3 is 2.82 bits per heavy atom. The van der Waals surface area contributed by atoms with Gasteiger partial charge in [0.15, 0.2) is 5.60 Å². The molecule has 1 aromatic heterocycles. The van der Waals surface area contributed by atoms with Crippen LogP contribution in [0.3, 0.4) is 0 Å². The average Bonchev–Trinajstić information content (AvgIpc) is 2.06. The molecular formula is C9H9NO. The minimum Gasteiger partial charge on any atom is -0.372 e. The smallest absolute Gasteiger partial charge is 0.164 e. The number of pyridine rings is 1. The van der Waals surface area contributed by atoms with Crippen LogP contribution in [0.25, 0.3) is 0 Å². The molecule has 0 fully saturated rings. The number of nitrogens with zero attached hydrogens (tertiary/aromatic N) is 1. The van der Waals surface area contributed by atoms with Crippen LogP contribution in [-0.4, -0.2) is 10.1 Å². The molecule has 0 amide bonds. The van der Waals surface area contributed by atoms with E-state index in [-0.39, 0.29) is 0 Å². The van der Waals surface area contributed by atoms with Gasteiger partial charge in [-0.25, -0.2) is 0 Å². The van der Waals surface area contributed by atoms with Crippen LogP contribution in [0, 0.1) is 12.3 Å². The van der Waals surface area contributed by atoms with Gasteiger partial charge < -0.3 is 5.11 Å². The first-order valence-electron chi connectivity index (χ1n) is 3.28. The van der Waals surface area contributed by atoms with Crippen LogP contribution in [0.2, 0.25) is 0 Å². The van der Waals surface area contributed by atoms with E-state index in [1.165, 1.54) is 6.92 Å². The molecule has 1 aromatic rings. The Labute approximate surface area is 65.9 Å². The molecule has 11 heavy (non-hydrogen) atoms. The van der Waals surface area contributed by atoms with E-state index in [9.17, 15) is 5.11 Å². The highest BCUT2D eigenvalue weighted by Gasteiger charge is 2.19. The van der Waals surface area contributed by atoms with Crippen molar-refractivity contribution in [1.29, 1.82) is 0 Å². The summed E-state index contributed by atoms with van der Waals surface area (Å²) in [4.78, 5) is 3.93. The lowest BCUT2D eigenvalue weighted by atomic mass is 10.0. The van der Waals surface area contributed by atoms with Gasteiger partial charge in [-0.15, -0.1) is 6.42 Å². The predicted octanol–water partition coefficient (Wildman–Crippen LogP) is 0.922. The summed E-state index contributed by atoms with van der Waals surface area (Å²) in [6, 6.07) is 5.25. The van der Waals surface area contributed by atoms with Crippen molar-refractivity contribution in [2.24, 2.45) is 0 Å². The Morgan fingerprint density at radius 2 is 2.36 bits per heavy atom. The molecule has 0 aliphatic heterocycles. The first kappa shape index (κ1) is 7.77. The fourth-order valence-electron chi connectivity index (χ4n) is 0.725.